The molecule has 1 aliphatic carbocycles. The Morgan fingerprint density at radius 1 is 1.53 bits per heavy atom. The molecule has 1 unspecified atom stereocenters. The Morgan fingerprint density at radius 2 is 2.35 bits per heavy atom. The zero-order valence-corrected chi connectivity index (χ0v) is 10.6. The Balaban J connectivity index is 1.55. The first-order valence-electron chi connectivity index (χ1n) is 6.54. The van der Waals surface area contributed by atoms with Crippen LogP contribution in [-0.2, 0) is 9.53 Å². The van der Waals surface area contributed by atoms with Gasteiger partial charge in [-0.15, -0.1) is 0 Å². The maximum absolute atomic E-state index is 11.5. The standard InChI is InChI=1S/C12H23N3O2/c1-15(9-11-8-13-5-7-17-11)6-4-12(16)14-10-2-3-10/h10-11,13H,2-9H2,1H3,(H,14,16). The van der Waals surface area contributed by atoms with Gasteiger partial charge < -0.3 is 20.3 Å². The summed E-state index contributed by atoms with van der Waals surface area (Å²) in [6.07, 6.45) is 3.17. The van der Waals surface area contributed by atoms with Crippen molar-refractivity contribution >= 4 is 5.91 Å². The van der Waals surface area contributed by atoms with Crippen LogP contribution in [-0.4, -0.2) is 62.8 Å². The van der Waals surface area contributed by atoms with Crippen LogP contribution in [0.25, 0.3) is 0 Å². The minimum absolute atomic E-state index is 0.182. The minimum Gasteiger partial charge on any atom is -0.374 e. The topological polar surface area (TPSA) is 53.6 Å². The first-order chi connectivity index (χ1) is 8.24. The maximum atomic E-state index is 11.5. The second kappa shape index (κ2) is 6.33. The number of amides is 1. The first-order valence-corrected chi connectivity index (χ1v) is 6.54. The van der Waals surface area contributed by atoms with Crippen molar-refractivity contribution in [3.63, 3.8) is 0 Å². The minimum atomic E-state index is 0.182. The van der Waals surface area contributed by atoms with Gasteiger partial charge >= 0.3 is 0 Å². The van der Waals surface area contributed by atoms with E-state index in [1.807, 2.05) is 7.05 Å². The number of morpholine rings is 1. The van der Waals surface area contributed by atoms with E-state index in [0.717, 1.165) is 45.6 Å². The van der Waals surface area contributed by atoms with Crippen molar-refractivity contribution in [1.29, 1.82) is 0 Å². The highest BCUT2D eigenvalue weighted by Crippen LogP contribution is 2.18. The Bertz CT molecular complexity index is 250. The van der Waals surface area contributed by atoms with Gasteiger partial charge in [0.05, 0.1) is 12.7 Å². The van der Waals surface area contributed by atoms with E-state index in [-0.39, 0.29) is 12.0 Å². The fraction of sp³-hybridized carbons (Fsp3) is 0.917. The quantitative estimate of drug-likeness (QED) is 0.663. The van der Waals surface area contributed by atoms with E-state index in [9.17, 15) is 4.79 Å². The molecule has 0 aromatic rings. The molecule has 0 spiro atoms. The average Bonchev–Trinajstić information content (AvgIpc) is 3.12. The van der Waals surface area contributed by atoms with E-state index < -0.39 is 0 Å². The van der Waals surface area contributed by atoms with Crippen molar-refractivity contribution in [2.45, 2.75) is 31.4 Å². The lowest BCUT2D eigenvalue weighted by Gasteiger charge is -2.27. The summed E-state index contributed by atoms with van der Waals surface area (Å²) in [5.74, 6) is 0.182. The third-order valence-corrected chi connectivity index (χ3v) is 3.18. The van der Waals surface area contributed by atoms with E-state index in [4.69, 9.17) is 4.74 Å². The number of hydrogen-bond acceptors (Lipinski definition) is 4. The van der Waals surface area contributed by atoms with E-state index in [2.05, 4.69) is 15.5 Å². The van der Waals surface area contributed by atoms with Crippen LogP contribution in [0.2, 0.25) is 0 Å². The first kappa shape index (κ1) is 12.8. The zero-order valence-electron chi connectivity index (χ0n) is 10.6. The highest BCUT2D eigenvalue weighted by molar-refractivity contribution is 5.76. The molecule has 5 nitrogen and oxygen atoms in total. The lowest BCUT2D eigenvalue weighted by atomic mass is 10.2. The molecule has 2 fully saturated rings. The van der Waals surface area contributed by atoms with Gasteiger partial charge in [0.15, 0.2) is 0 Å². The molecule has 98 valence electrons. The summed E-state index contributed by atoms with van der Waals surface area (Å²) >= 11 is 0. The van der Waals surface area contributed by atoms with Crippen molar-refractivity contribution in [2.24, 2.45) is 0 Å². The van der Waals surface area contributed by atoms with Crippen molar-refractivity contribution < 1.29 is 9.53 Å². The number of ether oxygens (including phenoxy) is 1. The molecule has 2 aliphatic rings. The van der Waals surface area contributed by atoms with Crippen LogP contribution in [0.4, 0.5) is 0 Å². The Labute approximate surface area is 103 Å². The zero-order chi connectivity index (χ0) is 12.1. The van der Waals surface area contributed by atoms with Gasteiger partial charge in [-0.3, -0.25) is 4.79 Å². The lowest BCUT2D eigenvalue weighted by molar-refractivity contribution is -0.121. The second-order valence-corrected chi connectivity index (χ2v) is 5.05. The number of carbonyl (C=O) groups excluding carboxylic acids is 1. The molecular weight excluding hydrogens is 218 g/mol. The van der Waals surface area contributed by atoms with Gasteiger partial charge in [0.1, 0.15) is 0 Å². The van der Waals surface area contributed by atoms with Gasteiger partial charge in [-0.25, -0.2) is 0 Å². The van der Waals surface area contributed by atoms with Crippen molar-refractivity contribution in [2.75, 3.05) is 39.8 Å². The summed E-state index contributed by atoms with van der Waals surface area (Å²) in [5, 5.41) is 6.31. The van der Waals surface area contributed by atoms with Gasteiger partial charge in [-0.05, 0) is 19.9 Å². The Morgan fingerprint density at radius 3 is 3.00 bits per heavy atom. The predicted octanol–water partition coefficient (Wildman–Crippen LogP) is -0.425. The van der Waals surface area contributed by atoms with Gasteiger partial charge in [0.25, 0.3) is 0 Å². The molecule has 1 heterocycles. The van der Waals surface area contributed by atoms with Crippen molar-refractivity contribution in [1.82, 2.24) is 15.5 Å². The molecule has 17 heavy (non-hydrogen) atoms. The van der Waals surface area contributed by atoms with Crippen LogP contribution in [0.3, 0.4) is 0 Å². The Hall–Kier alpha value is -0.650. The third-order valence-electron chi connectivity index (χ3n) is 3.18. The summed E-state index contributed by atoms with van der Waals surface area (Å²) in [4.78, 5) is 13.7. The van der Waals surface area contributed by atoms with E-state index >= 15 is 0 Å². The van der Waals surface area contributed by atoms with Gasteiger partial charge in [0.2, 0.25) is 5.91 Å². The van der Waals surface area contributed by atoms with Crippen LogP contribution >= 0.6 is 0 Å². The van der Waals surface area contributed by atoms with Gasteiger partial charge in [0, 0.05) is 38.6 Å². The predicted molar refractivity (Wildman–Crippen MR) is 65.9 cm³/mol. The fourth-order valence-electron chi connectivity index (χ4n) is 2.00. The normalized spacial score (nSPS) is 24.9. The van der Waals surface area contributed by atoms with Crippen LogP contribution in [0, 0.1) is 0 Å². The van der Waals surface area contributed by atoms with Gasteiger partial charge in [-0.1, -0.05) is 0 Å². The number of carbonyl (C=O) groups is 1. The smallest absolute Gasteiger partial charge is 0.221 e. The molecule has 0 radical (unpaired) electrons. The molecule has 1 aliphatic heterocycles. The van der Waals surface area contributed by atoms with E-state index in [0.29, 0.717) is 12.5 Å². The molecule has 1 amide bonds. The summed E-state index contributed by atoms with van der Waals surface area (Å²) in [6.45, 7) is 4.35. The number of nitrogens with zero attached hydrogens (tertiary/aromatic N) is 1. The Kier molecular flexibility index (Phi) is 4.76. The molecule has 1 saturated carbocycles. The molecule has 5 heteroatoms. The summed E-state index contributed by atoms with van der Waals surface area (Å²) < 4.78 is 5.63. The number of rotatable bonds is 6. The summed E-state index contributed by atoms with van der Waals surface area (Å²) in [5.41, 5.74) is 0. The molecule has 0 bridgehead atoms. The summed E-state index contributed by atoms with van der Waals surface area (Å²) in [7, 11) is 2.04. The molecular formula is C12H23N3O2. The molecule has 2 N–H and O–H groups in total. The number of hydrogen-bond donors (Lipinski definition) is 2. The van der Waals surface area contributed by atoms with Crippen molar-refractivity contribution in [3.05, 3.63) is 0 Å². The van der Waals surface area contributed by atoms with Crippen LogP contribution in [0.5, 0.6) is 0 Å². The second-order valence-electron chi connectivity index (χ2n) is 5.05. The lowest BCUT2D eigenvalue weighted by Crippen LogP contribution is -2.45. The highest BCUT2D eigenvalue weighted by Gasteiger charge is 2.23. The number of nitrogens with one attached hydrogen (secondary N) is 2. The van der Waals surface area contributed by atoms with Gasteiger partial charge in [-0.2, -0.15) is 0 Å². The largest absolute Gasteiger partial charge is 0.374 e. The highest BCUT2D eigenvalue weighted by atomic mass is 16.5. The molecule has 1 saturated heterocycles. The van der Waals surface area contributed by atoms with Crippen LogP contribution < -0.4 is 10.6 Å². The maximum Gasteiger partial charge on any atom is 0.221 e. The van der Waals surface area contributed by atoms with E-state index in [1.54, 1.807) is 0 Å². The monoisotopic (exact) mass is 241 g/mol. The van der Waals surface area contributed by atoms with Crippen LogP contribution in [0.15, 0.2) is 0 Å². The molecule has 0 aromatic carbocycles. The number of likely N-dealkylation sites (N-methyl/N-ethyl adjacent to an activating group) is 1. The van der Waals surface area contributed by atoms with E-state index in [1.165, 1.54) is 0 Å². The summed E-state index contributed by atoms with van der Waals surface area (Å²) in [6, 6.07) is 0.471. The third kappa shape index (κ3) is 5.02. The van der Waals surface area contributed by atoms with Crippen LogP contribution in [0.1, 0.15) is 19.3 Å². The molecule has 0 aromatic heterocycles. The SMILES string of the molecule is CN(CCC(=O)NC1CC1)CC1CNCCO1. The van der Waals surface area contributed by atoms with Crippen molar-refractivity contribution in [3.8, 4) is 0 Å². The molecule has 1 atom stereocenters. The molecule has 2 rings (SSSR count). The average molecular weight is 241 g/mol. The fourth-order valence-corrected chi connectivity index (χ4v) is 2.00.